The largest absolute Gasteiger partial charge is 0.348 e. The van der Waals surface area contributed by atoms with Crippen LogP contribution in [0.3, 0.4) is 0 Å². The third kappa shape index (κ3) is 5.17. The summed E-state index contributed by atoms with van der Waals surface area (Å²) in [5, 5.41) is 2.68. The van der Waals surface area contributed by atoms with Gasteiger partial charge in [0.05, 0.1) is 4.90 Å². The Hall–Kier alpha value is -3.26. The molecule has 3 rings (SSSR count). The highest BCUT2D eigenvalue weighted by Gasteiger charge is 2.14. The molecule has 0 aliphatic heterocycles. The first-order valence-corrected chi connectivity index (χ1v) is 10.1. The molecule has 3 aromatic carbocycles. The topological polar surface area (TPSA) is 75.3 Å². The molecule has 3 aromatic rings. The van der Waals surface area contributed by atoms with Gasteiger partial charge in [0, 0.05) is 17.8 Å². The SMILES string of the molecule is Cc1ccc(CNC(=O)c2ccc(NS(=O)(=O)c3ccc(F)cc3)cc2)cc1F. The van der Waals surface area contributed by atoms with Crippen molar-refractivity contribution in [3.05, 3.63) is 95.1 Å². The van der Waals surface area contributed by atoms with Crippen LogP contribution >= 0.6 is 0 Å². The van der Waals surface area contributed by atoms with E-state index in [1.54, 1.807) is 19.1 Å². The van der Waals surface area contributed by atoms with Gasteiger partial charge in [0.2, 0.25) is 0 Å². The molecule has 0 saturated carbocycles. The van der Waals surface area contributed by atoms with Crippen LogP contribution in [0.5, 0.6) is 0 Å². The molecule has 0 bridgehead atoms. The van der Waals surface area contributed by atoms with Crippen molar-refractivity contribution in [3.8, 4) is 0 Å². The molecule has 0 aliphatic rings. The summed E-state index contributed by atoms with van der Waals surface area (Å²) in [7, 11) is -3.87. The van der Waals surface area contributed by atoms with Gasteiger partial charge in [0.25, 0.3) is 15.9 Å². The molecule has 0 saturated heterocycles. The number of sulfonamides is 1. The number of hydrogen-bond acceptors (Lipinski definition) is 3. The summed E-state index contributed by atoms with van der Waals surface area (Å²) in [6, 6.07) is 15.0. The molecule has 0 atom stereocenters. The quantitative estimate of drug-likeness (QED) is 0.638. The van der Waals surface area contributed by atoms with Gasteiger partial charge in [-0.25, -0.2) is 17.2 Å². The molecule has 0 aromatic heterocycles. The van der Waals surface area contributed by atoms with Gasteiger partial charge in [-0.1, -0.05) is 12.1 Å². The Kier molecular flexibility index (Phi) is 5.93. The average Bonchev–Trinajstić information content (AvgIpc) is 2.69. The Morgan fingerprint density at radius 1 is 0.931 bits per heavy atom. The summed E-state index contributed by atoms with van der Waals surface area (Å²) < 4.78 is 53.5. The van der Waals surface area contributed by atoms with E-state index in [1.165, 1.54) is 30.3 Å². The standard InChI is InChI=1S/C21H18F2N2O3S/c1-14-2-3-15(12-20(14)23)13-24-21(26)16-4-8-18(9-5-16)25-29(27,28)19-10-6-17(22)7-11-19/h2-12,25H,13H2,1H3,(H,24,26). The maximum absolute atomic E-state index is 13.6. The summed E-state index contributed by atoms with van der Waals surface area (Å²) in [6.45, 7) is 1.82. The second-order valence-electron chi connectivity index (χ2n) is 6.40. The average molecular weight is 416 g/mol. The van der Waals surface area contributed by atoms with E-state index in [4.69, 9.17) is 0 Å². The van der Waals surface area contributed by atoms with E-state index in [2.05, 4.69) is 10.0 Å². The number of amides is 1. The normalized spacial score (nSPS) is 11.1. The van der Waals surface area contributed by atoms with E-state index in [-0.39, 0.29) is 28.9 Å². The molecule has 2 N–H and O–H groups in total. The van der Waals surface area contributed by atoms with E-state index in [0.717, 1.165) is 24.3 Å². The Bertz CT molecular complexity index is 1130. The van der Waals surface area contributed by atoms with Gasteiger partial charge in [-0.05, 0) is 72.6 Å². The monoisotopic (exact) mass is 416 g/mol. The van der Waals surface area contributed by atoms with E-state index < -0.39 is 15.8 Å². The molecule has 0 unspecified atom stereocenters. The number of aryl methyl sites for hydroxylation is 1. The first-order valence-electron chi connectivity index (χ1n) is 8.66. The van der Waals surface area contributed by atoms with Crippen LogP contribution in [0.25, 0.3) is 0 Å². The number of anilines is 1. The fourth-order valence-corrected chi connectivity index (χ4v) is 3.61. The summed E-state index contributed by atoms with van der Waals surface area (Å²) in [5.74, 6) is -1.25. The van der Waals surface area contributed by atoms with Crippen LogP contribution in [-0.4, -0.2) is 14.3 Å². The summed E-state index contributed by atoms with van der Waals surface area (Å²) in [5.41, 5.74) is 1.73. The van der Waals surface area contributed by atoms with Gasteiger partial charge < -0.3 is 5.32 Å². The lowest BCUT2D eigenvalue weighted by molar-refractivity contribution is 0.0951. The highest BCUT2D eigenvalue weighted by molar-refractivity contribution is 7.92. The van der Waals surface area contributed by atoms with Crippen molar-refractivity contribution in [2.24, 2.45) is 0 Å². The van der Waals surface area contributed by atoms with Crippen molar-refractivity contribution >= 4 is 21.6 Å². The third-order valence-electron chi connectivity index (χ3n) is 4.21. The highest BCUT2D eigenvalue weighted by Crippen LogP contribution is 2.17. The zero-order valence-corrected chi connectivity index (χ0v) is 16.3. The lowest BCUT2D eigenvalue weighted by Crippen LogP contribution is -2.22. The lowest BCUT2D eigenvalue weighted by atomic mass is 10.1. The molecule has 0 radical (unpaired) electrons. The minimum atomic E-state index is -3.87. The second kappa shape index (κ2) is 8.40. The number of carbonyl (C=O) groups excluding carboxylic acids is 1. The third-order valence-corrected chi connectivity index (χ3v) is 5.61. The minimum Gasteiger partial charge on any atom is -0.348 e. The van der Waals surface area contributed by atoms with Gasteiger partial charge in [0.1, 0.15) is 11.6 Å². The van der Waals surface area contributed by atoms with E-state index in [9.17, 15) is 22.0 Å². The van der Waals surface area contributed by atoms with E-state index in [0.29, 0.717) is 16.7 Å². The van der Waals surface area contributed by atoms with Gasteiger partial charge >= 0.3 is 0 Å². The van der Waals surface area contributed by atoms with Gasteiger partial charge in [-0.15, -0.1) is 0 Å². The lowest BCUT2D eigenvalue weighted by Gasteiger charge is -2.10. The predicted octanol–water partition coefficient (Wildman–Crippen LogP) is 4.00. The van der Waals surface area contributed by atoms with Crippen LogP contribution in [-0.2, 0) is 16.6 Å². The highest BCUT2D eigenvalue weighted by atomic mass is 32.2. The number of rotatable bonds is 6. The number of nitrogens with one attached hydrogen (secondary N) is 2. The molecule has 29 heavy (non-hydrogen) atoms. The minimum absolute atomic E-state index is 0.0777. The van der Waals surface area contributed by atoms with Crippen molar-refractivity contribution in [2.75, 3.05) is 4.72 Å². The Labute approximate surface area is 167 Å². The Balaban J connectivity index is 1.63. The molecule has 1 amide bonds. The fraction of sp³-hybridized carbons (Fsp3) is 0.0952. The number of benzene rings is 3. The predicted molar refractivity (Wildman–Crippen MR) is 106 cm³/mol. The first-order chi connectivity index (χ1) is 13.7. The molecule has 5 nitrogen and oxygen atoms in total. The molecule has 0 fully saturated rings. The zero-order chi connectivity index (χ0) is 21.0. The van der Waals surface area contributed by atoms with Crippen molar-refractivity contribution < 1.29 is 22.0 Å². The van der Waals surface area contributed by atoms with Crippen LogP contribution in [0.4, 0.5) is 14.5 Å². The molecular formula is C21H18F2N2O3S. The summed E-state index contributed by atoms with van der Waals surface area (Å²) in [6.07, 6.45) is 0. The Morgan fingerprint density at radius 3 is 2.21 bits per heavy atom. The van der Waals surface area contributed by atoms with Gasteiger partial charge in [-0.3, -0.25) is 9.52 Å². The zero-order valence-electron chi connectivity index (χ0n) is 15.4. The fourth-order valence-electron chi connectivity index (χ4n) is 2.55. The van der Waals surface area contributed by atoms with Crippen LogP contribution in [0.2, 0.25) is 0 Å². The summed E-state index contributed by atoms with van der Waals surface area (Å²) in [4.78, 5) is 12.2. The smallest absolute Gasteiger partial charge is 0.261 e. The number of hydrogen-bond donors (Lipinski definition) is 2. The molecule has 0 aliphatic carbocycles. The summed E-state index contributed by atoms with van der Waals surface area (Å²) >= 11 is 0. The van der Waals surface area contributed by atoms with Crippen molar-refractivity contribution in [2.45, 2.75) is 18.4 Å². The van der Waals surface area contributed by atoms with E-state index in [1.807, 2.05) is 0 Å². The van der Waals surface area contributed by atoms with Crippen LogP contribution in [0.1, 0.15) is 21.5 Å². The van der Waals surface area contributed by atoms with Crippen molar-refractivity contribution in [1.29, 1.82) is 0 Å². The molecule has 0 heterocycles. The maximum atomic E-state index is 13.6. The maximum Gasteiger partial charge on any atom is 0.261 e. The van der Waals surface area contributed by atoms with Gasteiger partial charge in [-0.2, -0.15) is 0 Å². The van der Waals surface area contributed by atoms with Crippen LogP contribution in [0.15, 0.2) is 71.6 Å². The van der Waals surface area contributed by atoms with E-state index >= 15 is 0 Å². The Morgan fingerprint density at radius 2 is 1.59 bits per heavy atom. The molecular weight excluding hydrogens is 398 g/mol. The molecule has 8 heteroatoms. The van der Waals surface area contributed by atoms with Crippen LogP contribution < -0.4 is 10.0 Å². The number of halogens is 2. The van der Waals surface area contributed by atoms with Crippen molar-refractivity contribution in [1.82, 2.24) is 5.32 Å². The van der Waals surface area contributed by atoms with Crippen molar-refractivity contribution in [3.63, 3.8) is 0 Å². The second-order valence-corrected chi connectivity index (χ2v) is 8.09. The van der Waals surface area contributed by atoms with Crippen LogP contribution in [0, 0.1) is 18.6 Å². The first kappa shape index (κ1) is 20.5. The molecule has 0 spiro atoms. The van der Waals surface area contributed by atoms with Gasteiger partial charge in [0.15, 0.2) is 0 Å². The molecule has 150 valence electrons. The number of carbonyl (C=O) groups is 1.